The highest BCUT2D eigenvalue weighted by Crippen LogP contribution is 2.38. The number of anilines is 1. The van der Waals surface area contributed by atoms with Gasteiger partial charge in [-0.25, -0.2) is 4.79 Å². The second kappa shape index (κ2) is 6.99. The number of aryl methyl sites for hydroxylation is 1. The van der Waals surface area contributed by atoms with Gasteiger partial charge in [-0.3, -0.25) is 4.79 Å². The van der Waals surface area contributed by atoms with E-state index in [1.807, 2.05) is 19.9 Å². The molecule has 7 heteroatoms. The maximum absolute atomic E-state index is 12.6. The lowest BCUT2D eigenvalue weighted by Crippen LogP contribution is -2.30. The first kappa shape index (κ1) is 18.3. The number of ether oxygens (including phenoxy) is 1. The van der Waals surface area contributed by atoms with Crippen LogP contribution in [-0.2, 0) is 6.54 Å². The Bertz CT molecular complexity index is 904. The summed E-state index contributed by atoms with van der Waals surface area (Å²) in [5, 5.41) is 9.67. The van der Waals surface area contributed by atoms with E-state index in [1.54, 1.807) is 17.7 Å². The predicted molar refractivity (Wildman–Crippen MR) is 101 cm³/mol. The Morgan fingerprint density at radius 3 is 2.73 bits per heavy atom. The topological polar surface area (TPSA) is 97.8 Å². The molecular weight excluding hydrogens is 334 g/mol. The van der Waals surface area contributed by atoms with Gasteiger partial charge in [0.25, 0.3) is 0 Å². The molecule has 140 valence electrons. The van der Waals surface area contributed by atoms with Crippen molar-refractivity contribution in [2.45, 2.75) is 32.9 Å². The minimum atomic E-state index is -1.22. The molecule has 0 amide bonds. The van der Waals surface area contributed by atoms with Crippen LogP contribution in [0, 0.1) is 5.92 Å². The number of hydrogen-bond donors (Lipinski definition) is 2. The van der Waals surface area contributed by atoms with Crippen LogP contribution in [0.4, 0.5) is 5.69 Å². The van der Waals surface area contributed by atoms with Crippen molar-refractivity contribution in [2.24, 2.45) is 11.7 Å². The molecule has 1 aliphatic rings. The minimum absolute atomic E-state index is 0.124. The lowest BCUT2D eigenvalue weighted by atomic mass is 10.0. The summed E-state index contributed by atoms with van der Waals surface area (Å²) in [4.78, 5) is 26.2. The maximum atomic E-state index is 12.6. The summed E-state index contributed by atoms with van der Waals surface area (Å²) in [6.45, 7) is 6.16. The number of benzene rings is 1. The highest BCUT2D eigenvalue weighted by atomic mass is 16.5. The van der Waals surface area contributed by atoms with Crippen LogP contribution in [-0.4, -0.2) is 41.9 Å². The number of hydrogen-bond acceptors (Lipinski definition) is 5. The van der Waals surface area contributed by atoms with Gasteiger partial charge in [-0.15, -0.1) is 0 Å². The molecule has 3 N–H and O–H groups in total. The Kier molecular flexibility index (Phi) is 4.91. The molecule has 2 atom stereocenters. The molecule has 2 heterocycles. The van der Waals surface area contributed by atoms with Crippen molar-refractivity contribution >= 4 is 22.6 Å². The van der Waals surface area contributed by atoms with Crippen LogP contribution in [0.25, 0.3) is 10.9 Å². The van der Waals surface area contributed by atoms with Crippen LogP contribution in [0.15, 0.2) is 23.1 Å². The van der Waals surface area contributed by atoms with Gasteiger partial charge in [-0.2, -0.15) is 0 Å². The number of pyridine rings is 1. The van der Waals surface area contributed by atoms with Crippen LogP contribution in [0.3, 0.4) is 0 Å². The fourth-order valence-electron chi connectivity index (χ4n) is 3.74. The van der Waals surface area contributed by atoms with Crippen LogP contribution in [0.5, 0.6) is 5.75 Å². The van der Waals surface area contributed by atoms with Gasteiger partial charge in [0.2, 0.25) is 5.43 Å². The first-order valence-electron chi connectivity index (χ1n) is 8.87. The fraction of sp³-hybridized carbons (Fsp3) is 0.474. The van der Waals surface area contributed by atoms with E-state index in [4.69, 9.17) is 10.5 Å². The molecule has 1 unspecified atom stereocenters. The van der Waals surface area contributed by atoms with Crippen LogP contribution < -0.4 is 20.8 Å². The summed E-state index contributed by atoms with van der Waals surface area (Å²) < 4.78 is 7.45. The van der Waals surface area contributed by atoms with Gasteiger partial charge >= 0.3 is 5.97 Å². The van der Waals surface area contributed by atoms with Crippen LogP contribution in [0.1, 0.15) is 30.6 Å². The summed E-state index contributed by atoms with van der Waals surface area (Å²) >= 11 is 0. The van der Waals surface area contributed by atoms with Crippen molar-refractivity contribution < 1.29 is 14.6 Å². The number of aromatic carboxylic acids is 1. The molecule has 1 aromatic carbocycles. The Morgan fingerprint density at radius 1 is 1.46 bits per heavy atom. The average Bonchev–Trinajstić information content (AvgIpc) is 3.11. The molecule has 1 aromatic heterocycles. The SMILES string of the molecule is CCn1cc(C(=O)O)c(=O)c2ccc(N3CCC([C@H](C)N)C3)c(OC)c21. The second-order valence-electron chi connectivity index (χ2n) is 6.83. The number of methoxy groups -OCH3 is 1. The van der Waals surface area contributed by atoms with E-state index < -0.39 is 11.4 Å². The van der Waals surface area contributed by atoms with Crippen LogP contribution in [0.2, 0.25) is 0 Å². The molecule has 1 fully saturated rings. The third-order valence-electron chi connectivity index (χ3n) is 5.26. The Labute approximate surface area is 152 Å². The number of carboxylic acid groups (broad SMARTS) is 1. The largest absolute Gasteiger partial charge is 0.492 e. The molecule has 7 nitrogen and oxygen atoms in total. The molecule has 2 aromatic rings. The molecular formula is C19H25N3O4. The van der Waals surface area contributed by atoms with Gasteiger partial charge < -0.3 is 25.0 Å². The standard InChI is InChI=1S/C19H25N3O4/c1-4-21-10-14(19(24)25)17(23)13-5-6-15(18(26-3)16(13)21)22-8-7-12(9-22)11(2)20/h5-6,10-12H,4,7-9,20H2,1-3H3,(H,24,25)/t11-,12?/m0/s1. The first-order valence-corrected chi connectivity index (χ1v) is 8.87. The Balaban J connectivity index is 2.21. The smallest absolute Gasteiger partial charge is 0.341 e. The van der Waals surface area contributed by atoms with Crippen molar-refractivity contribution in [3.63, 3.8) is 0 Å². The quantitative estimate of drug-likeness (QED) is 0.846. The summed E-state index contributed by atoms with van der Waals surface area (Å²) in [5.74, 6) is -0.205. The van der Waals surface area contributed by atoms with Crippen molar-refractivity contribution in [3.8, 4) is 5.75 Å². The van der Waals surface area contributed by atoms with Crippen molar-refractivity contribution in [1.82, 2.24) is 4.57 Å². The summed E-state index contributed by atoms with van der Waals surface area (Å²) in [5.41, 5.74) is 6.87. The molecule has 1 aliphatic heterocycles. The van der Waals surface area contributed by atoms with Gasteiger partial charge in [0.1, 0.15) is 5.56 Å². The molecule has 1 saturated heterocycles. The van der Waals surface area contributed by atoms with Crippen molar-refractivity contribution in [2.75, 3.05) is 25.1 Å². The number of rotatable bonds is 5. The second-order valence-corrected chi connectivity index (χ2v) is 6.83. The minimum Gasteiger partial charge on any atom is -0.492 e. The molecule has 0 aliphatic carbocycles. The van der Waals surface area contributed by atoms with Gasteiger partial charge in [0, 0.05) is 31.9 Å². The zero-order valence-corrected chi connectivity index (χ0v) is 15.4. The monoisotopic (exact) mass is 359 g/mol. The van der Waals surface area contributed by atoms with E-state index in [1.165, 1.54) is 6.20 Å². The van der Waals surface area contributed by atoms with Crippen molar-refractivity contribution in [3.05, 3.63) is 34.1 Å². The van der Waals surface area contributed by atoms with E-state index in [0.29, 0.717) is 29.1 Å². The highest BCUT2D eigenvalue weighted by molar-refractivity contribution is 5.96. The number of carbonyl (C=O) groups is 1. The molecule has 0 spiro atoms. The third kappa shape index (κ3) is 2.92. The lowest BCUT2D eigenvalue weighted by Gasteiger charge is -2.24. The van der Waals surface area contributed by atoms with E-state index in [9.17, 15) is 14.7 Å². The number of nitrogens with two attached hydrogens (primary N) is 1. The van der Waals surface area contributed by atoms with E-state index >= 15 is 0 Å². The van der Waals surface area contributed by atoms with Gasteiger partial charge in [0.05, 0.1) is 23.7 Å². The summed E-state index contributed by atoms with van der Waals surface area (Å²) in [6, 6.07) is 3.67. The summed E-state index contributed by atoms with van der Waals surface area (Å²) in [6.07, 6.45) is 2.41. The van der Waals surface area contributed by atoms with E-state index in [0.717, 1.165) is 25.2 Å². The number of nitrogens with zero attached hydrogens (tertiary/aromatic N) is 2. The molecule has 3 rings (SSSR count). The van der Waals surface area contributed by atoms with Gasteiger partial charge in [0.15, 0.2) is 5.75 Å². The molecule has 0 bridgehead atoms. The molecule has 0 radical (unpaired) electrons. The maximum Gasteiger partial charge on any atom is 0.341 e. The van der Waals surface area contributed by atoms with E-state index in [-0.39, 0.29) is 11.6 Å². The number of aromatic nitrogens is 1. The number of carboxylic acids is 1. The Hall–Kier alpha value is -2.54. The fourth-order valence-corrected chi connectivity index (χ4v) is 3.74. The number of fused-ring (bicyclic) bond motifs is 1. The lowest BCUT2D eigenvalue weighted by molar-refractivity contribution is 0.0695. The first-order chi connectivity index (χ1) is 12.4. The van der Waals surface area contributed by atoms with Gasteiger partial charge in [-0.1, -0.05) is 0 Å². The van der Waals surface area contributed by atoms with Crippen LogP contribution >= 0.6 is 0 Å². The third-order valence-corrected chi connectivity index (χ3v) is 5.26. The zero-order chi connectivity index (χ0) is 19.0. The van der Waals surface area contributed by atoms with Crippen molar-refractivity contribution in [1.29, 1.82) is 0 Å². The van der Waals surface area contributed by atoms with Gasteiger partial charge in [-0.05, 0) is 38.3 Å². The highest BCUT2D eigenvalue weighted by Gasteiger charge is 2.28. The molecule has 26 heavy (non-hydrogen) atoms. The zero-order valence-electron chi connectivity index (χ0n) is 15.4. The van der Waals surface area contributed by atoms with E-state index in [2.05, 4.69) is 4.90 Å². The summed E-state index contributed by atoms with van der Waals surface area (Å²) in [7, 11) is 1.58. The Morgan fingerprint density at radius 2 is 2.19 bits per heavy atom. The normalized spacial score (nSPS) is 18.3. The average molecular weight is 359 g/mol. The predicted octanol–water partition coefficient (Wildman–Crippen LogP) is 1.90. The molecule has 0 saturated carbocycles.